The highest BCUT2D eigenvalue weighted by Gasteiger charge is 2.39. The average Bonchev–Trinajstić information content (AvgIpc) is 2.93. The lowest BCUT2D eigenvalue weighted by molar-refractivity contribution is -0.139. The minimum atomic E-state index is -4.59. The second-order valence-electron chi connectivity index (χ2n) is 9.90. The molecule has 1 aliphatic rings. The Balaban J connectivity index is 1.65. The predicted molar refractivity (Wildman–Crippen MR) is 142 cm³/mol. The number of carboxylic acids is 1. The van der Waals surface area contributed by atoms with Crippen molar-refractivity contribution in [2.24, 2.45) is 5.92 Å². The molecule has 1 amide bonds. The summed E-state index contributed by atoms with van der Waals surface area (Å²) in [5.41, 5.74) is 0.322. The van der Waals surface area contributed by atoms with Crippen LogP contribution in [0.4, 0.5) is 13.2 Å². The number of benzene rings is 3. The van der Waals surface area contributed by atoms with E-state index in [4.69, 9.17) is 9.84 Å². The van der Waals surface area contributed by atoms with Crippen LogP contribution in [-0.2, 0) is 11.0 Å². The number of carbonyl (C=O) groups is 2. The lowest BCUT2D eigenvalue weighted by Crippen LogP contribution is -2.25. The molecule has 0 radical (unpaired) electrons. The second kappa shape index (κ2) is 12.8. The van der Waals surface area contributed by atoms with Gasteiger partial charge in [-0.3, -0.25) is 9.59 Å². The van der Waals surface area contributed by atoms with E-state index in [1.807, 2.05) is 0 Å². The number of ether oxygens (including phenoxy) is 1. The zero-order valence-corrected chi connectivity index (χ0v) is 21.5. The molecular weight excluding hydrogens is 507 g/mol. The summed E-state index contributed by atoms with van der Waals surface area (Å²) in [5.74, 6) is -0.838. The summed E-state index contributed by atoms with van der Waals surface area (Å²) in [7, 11) is 0. The van der Waals surface area contributed by atoms with Crippen molar-refractivity contribution in [1.29, 1.82) is 0 Å². The first-order valence-electron chi connectivity index (χ1n) is 13.2. The van der Waals surface area contributed by atoms with E-state index in [-0.39, 0.29) is 30.0 Å². The van der Waals surface area contributed by atoms with Crippen LogP contribution in [0.15, 0.2) is 72.8 Å². The van der Waals surface area contributed by atoms with Crippen LogP contribution in [0.25, 0.3) is 11.1 Å². The Morgan fingerprint density at radius 1 is 0.923 bits per heavy atom. The van der Waals surface area contributed by atoms with E-state index in [2.05, 4.69) is 5.32 Å². The molecule has 1 saturated carbocycles. The molecule has 2 N–H and O–H groups in total. The van der Waals surface area contributed by atoms with Gasteiger partial charge in [0.25, 0.3) is 5.91 Å². The fourth-order valence-corrected chi connectivity index (χ4v) is 5.21. The van der Waals surface area contributed by atoms with Crippen LogP contribution >= 0.6 is 0 Å². The van der Waals surface area contributed by atoms with Crippen molar-refractivity contribution in [2.75, 3.05) is 6.54 Å². The third-order valence-corrected chi connectivity index (χ3v) is 7.10. The van der Waals surface area contributed by atoms with Crippen LogP contribution in [-0.4, -0.2) is 23.5 Å². The molecule has 39 heavy (non-hydrogen) atoms. The van der Waals surface area contributed by atoms with Crippen LogP contribution < -0.4 is 10.1 Å². The molecule has 3 aromatic rings. The van der Waals surface area contributed by atoms with Gasteiger partial charge in [-0.1, -0.05) is 80.6 Å². The van der Waals surface area contributed by atoms with Crippen molar-refractivity contribution >= 4 is 11.9 Å². The molecule has 0 spiro atoms. The summed E-state index contributed by atoms with van der Waals surface area (Å²) >= 11 is 0. The van der Waals surface area contributed by atoms with Crippen molar-refractivity contribution in [3.8, 4) is 16.9 Å². The van der Waals surface area contributed by atoms with Crippen LogP contribution in [0.1, 0.15) is 72.5 Å². The van der Waals surface area contributed by atoms with E-state index in [0.29, 0.717) is 23.3 Å². The van der Waals surface area contributed by atoms with E-state index in [1.54, 1.807) is 48.5 Å². The Morgan fingerprint density at radius 2 is 1.62 bits per heavy atom. The van der Waals surface area contributed by atoms with Crippen molar-refractivity contribution in [2.45, 2.75) is 57.2 Å². The van der Waals surface area contributed by atoms with Gasteiger partial charge in [0, 0.05) is 17.7 Å². The highest BCUT2D eigenvalue weighted by atomic mass is 19.4. The van der Waals surface area contributed by atoms with Crippen LogP contribution in [0.2, 0.25) is 0 Å². The van der Waals surface area contributed by atoms with Crippen LogP contribution in [0, 0.1) is 5.92 Å². The number of hydrogen-bond donors (Lipinski definition) is 2. The molecule has 4 rings (SSSR count). The van der Waals surface area contributed by atoms with E-state index in [0.717, 1.165) is 32.1 Å². The Bertz CT molecular complexity index is 1250. The van der Waals surface area contributed by atoms with Gasteiger partial charge in [0.15, 0.2) is 0 Å². The van der Waals surface area contributed by atoms with Crippen LogP contribution in [0.3, 0.4) is 0 Å². The molecule has 1 atom stereocenters. The van der Waals surface area contributed by atoms with E-state index >= 15 is 0 Å². The molecule has 5 nitrogen and oxygen atoms in total. The summed E-state index contributed by atoms with van der Waals surface area (Å²) in [6.07, 6.45) is -0.00670. The normalized spacial score (nSPS) is 14.9. The minimum absolute atomic E-state index is 0.00610. The Hall–Kier alpha value is -3.81. The first-order chi connectivity index (χ1) is 18.7. The molecule has 0 aliphatic heterocycles. The maximum Gasteiger partial charge on any atom is 0.417 e. The van der Waals surface area contributed by atoms with Gasteiger partial charge in [0.1, 0.15) is 11.9 Å². The largest absolute Gasteiger partial charge is 0.486 e. The SMILES string of the molecule is O=C(O)CCNC(=O)c1ccc(OC(CC2CCCCC2)c2cccc(-c3ccccc3)c2C(F)(F)F)cc1. The number of rotatable bonds is 10. The Labute approximate surface area is 226 Å². The standard InChI is InChI=1S/C31H32F3NO4/c32-31(33,34)29-25(22-10-5-2-6-11-22)12-7-13-26(29)27(20-21-8-3-1-4-9-21)39-24-16-14-23(15-17-24)30(38)35-19-18-28(36)37/h2,5-7,10-17,21,27H,1,3-4,8-9,18-20H2,(H,35,38)(H,36,37). The van der Waals surface area contributed by atoms with Gasteiger partial charge in [-0.2, -0.15) is 13.2 Å². The summed E-state index contributed by atoms with van der Waals surface area (Å²) in [4.78, 5) is 23.0. The monoisotopic (exact) mass is 539 g/mol. The number of amides is 1. The number of alkyl halides is 3. The maximum absolute atomic E-state index is 14.6. The zero-order valence-electron chi connectivity index (χ0n) is 21.5. The lowest BCUT2D eigenvalue weighted by Gasteiger charge is -2.30. The first-order valence-corrected chi connectivity index (χ1v) is 13.2. The number of hydrogen-bond acceptors (Lipinski definition) is 3. The number of carbonyl (C=O) groups excluding carboxylic acids is 1. The second-order valence-corrected chi connectivity index (χ2v) is 9.90. The van der Waals surface area contributed by atoms with Gasteiger partial charge in [-0.25, -0.2) is 0 Å². The van der Waals surface area contributed by atoms with Gasteiger partial charge in [-0.15, -0.1) is 0 Å². The summed E-state index contributed by atoms with van der Waals surface area (Å²) in [6, 6.07) is 19.4. The minimum Gasteiger partial charge on any atom is -0.486 e. The number of aliphatic carboxylic acids is 1. The van der Waals surface area contributed by atoms with Crippen molar-refractivity contribution < 1.29 is 32.6 Å². The van der Waals surface area contributed by atoms with Crippen molar-refractivity contribution in [3.63, 3.8) is 0 Å². The molecule has 1 unspecified atom stereocenters. The highest BCUT2D eigenvalue weighted by molar-refractivity contribution is 5.94. The number of carboxylic acid groups (broad SMARTS) is 1. The van der Waals surface area contributed by atoms with Gasteiger partial charge in [-0.05, 0) is 47.7 Å². The zero-order chi connectivity index (χ0) is 27.8. The topological polar surface area (TPSA) is 75.6 Å². The van der Waals surface area contributed by atoms with Gasteiger partial charge in [0.2, 0.25) is 0 Å². The highest BCUT2D eigenvalue weighted by Crippen LogP contribution is 2.44. The molecule has 3 aromatic carbocycles. The molecule has 8 heteroatoms. The summed E-state index contributed by atoms with van der Waals surface area (Å²) in [6.45, 7) is -0.00610. The van der Waals surface area contributed by atoms with Crippen molar-refractivity contribution in [1.82, 2.24) is 5.32 Å². The fourth-order valence-electron chi connectivity index (χ4n) is 5.21. The van der Waals surface area contributed by atoms with E-state index in [1.165, 1.54) is 24.3 Å². The average molecular weight is 540 g/mol. The lowest BCUT2D eigenvalue weighted by atomic mass is 9.82. The van der Waals surface area contributed by atoms with Gasteiger partial charge >= 0.3 is 12.1 Å². The third kappa shape index (κ3) is 7.62. The van der Waals surface area contributed by atoms with Crippen molar-refractivity contribution in [3.05, 3.63) is 89.5 Å². The summed E-state index contributed by atoms with van der Waals surface area (Å²) < 4.78 is 50.2. The fraction of sp³-hybridized carbons (Fsp3) is 0.355. The molecule has 1 fully saturated rings. The Morgan fingerprint density at radius 3 is 2.26 bits per heavy atom. The van der Waals surface area contributed by atoms with Gasteiger partial charge < -0.3 is 15.2 Å². The number of nitrogens with one attached hydrogen (secondary N) is 1. The first kappa shape index (κ1) is 28.2. The predicted octanol–water partition coefficient (Wildman–Crippen LogP) is 7.67. The smallest absolute Gasteiger partial charge is 0.417 e. The Kier molecular flexibility index (Phi) is 9.28. The summed E-state index contributed by atoms with van der Waals surface area (Å²) in [5, 5.41) is 11.3. The molecule has 0 saturated heterocycles. The molecule has 206 valence electrons. The molecule has 0 bridgehead atoms. The molecule has 0 heterocycles. The maximum atomic E-state index is 14.6. The number of halogens is 3. The quantitative estimate of drug-likeness (QED) is 0.277. The molecule has 1 aliphatic carbocycles. The van der Waals surface area contributed by atoms with E-state index in [9.17, 15) is 22.8 Å². The molecule has 0 aromatic heterocycles. The van der Waals surface area contributed by atoms with Crippen LogP contribution in [0.5, 0.6) is 5.75 Å². The van der Waals surface area contributed by atoms with E-state index < -0.39 is 29.7 Å². The third-order valence-electron chi connectivity index (χ3n) is 7.10. The van der Waals surface area contributed by atoms with Gasteiger partial charge in [0.05, 0.1) is 12.0 Å². The molecular formula is C31H32F3NO4.